The zero-order chi connectivity index (χ0) is 14.7. The second-order valence-electron chi connectivity index (χ2n) is 4.45. The number of aromatic carboxylic acids is 1. The third-order valence-electron chi connectivity index (χ3n) is 3.03. The lowest BCUT2D eigenvalue weighted by molar-refractivity contribution is 0.0698. The van der Waals surface area contributed by atoms with E-state index in [0.29, 0.717) is 12.4 Å². The smallest absolute Gasteiger partial charge is 0.337 e. The first kappa shape index (κ1) is 13.9. The van der Waals surface area contributed by atoms with Crippen LogP contribution in [-0.4, -0.2) is 20.9 Å². The van der Waals surface area contributed by atoms with Crippen molar-refractivity contribution in [1.29, 1.82) is 0 Å². The SMILES string of the molecule is CCc1cc(COc2ccc(C(=O)O)c(N)c2)n(C)n1. The van der Waals surface area contributed by atoms with Crippen molar-refractivity contribution >= 4 is 11.7 Å². The number of ether oxygens (including phenoxy) is 1. The van der Waals surface area contributed by atoms with Crippen LogP contribution < -0.4 is 10.5 Å². The number of nitrogens with zero attached hydrogens (tertiary/aromatic N) is 2. The van der Waals surface area contributed by atoms with Gasteiger partial charge in [0.2, 0.25) is 0 Å². The van der Waals surface area contributed by atoms with Gasteiger partial charge in [0.1, 0.15) is 12.4 Å². The molecule has 0 aliphatic heterocycles. The Morgan fingerprint density at radius 1 is 1.45 bits per heavy atom. The monoisotopic (exact) mass is 275 g/mol. The molecular weight excluding hydrogens is 258 g/mol. The van der Waals surface area contributed by atoms with E-state index in [4.69, 9.17) is 15.6 Å². The van der Waals surface area contributed by atoms with E-state index in [9.17, 15) is 4.79 Å². The molecule has 0 fully saturated rings. The van der Waals surface area contributed by atoms with E-state index in [1.807, 2.05) is 20.0 Å². The zero-order valence-corrected chi connectivity index (χ0v) is 11.5. The van der Waals surface area contributed by atoms with Crippen molar-refractivity contribution in [1.82, 2.24) is 9.78 Å². The highest BCUT2D eigenvalue weighted by Gasteiger charge is 2.09. The number of carbonyl (C=O) groups is 1. The topological polar surface area (TPSA) is 90.4 Å². The molecule has 1 aromatic carbocycles. The molecular formula is C14H17N3O3. The molecule has 0 saturated heterocycles. The Bertz CT molecular complexity index is 635. The summed E-state index contributed by atoms with van der Waals surface area (Å²) in [5.74, 6) is -0.514. The molecule has 0 amide bonds. The molecule has 0 atom stereocenters. The van der Waals surface area contributed by atoms with E-state index in [2.05, 4.69) is 5.10 Å². The van der Waals surface area contributed by atoms with Crippen molar-refractivity contribution in [3.63, 3.8) is 0 Å². The lowest BCUT2D eigenvalue weighted by Crippen LogP contribution is -2.05. The van der Waals surface area contributed by atoms with Crippen molar-refractivity contribution in [2.24, 2.45) is 7.05 Å². The maximum atomic E-state index is 10.9. The molecule has 2 rings (SSSR count). The largest absolute Gasteiger partial charge is 0.487 e. The van der Waals surface area contributed by atoms with Gasteiger partial charge in [-0.25, -0.2) is 4.79 Å². The second kappa shape index (κ2) is 5.64. The second-order valence-corrected chi connectivity index (χ2v) is 4.45. The highest BCUT2D eigenvalue weighted by Crippen LogP contribution is 2.21. The molecule has 2 aromatic rings. The molecule has 0 saturated carbocycles. The third-order valence-corrected chi connectivity index (χ3v) is 3.03. The maximum Gasteiger partial charge on any atom is 0.337 e. The van der Waals surface area contributed by atoms with Crippen LogP contribution in [0.2, 0.25) is 0 Å². The van der Waals surface area contributed by atoms with Crippen LogP contribution in [0, 0.1) is 0 Å². The minimum atomic E-state index is -1.05. The van der Waals surface area contributed by atoms with E-state index in [0.717, 1.165) is 17.8 Å². The molecule has 1 heterocycles. The Morgan fingerprint density at radius 3 is 2.75 bits per heavy atom. The summed E-state index contributed by atoms with van der Waals surface area (Å²) in [6.07, 6.45) is 0.869. The van der Waals surface area contributed by atoms with E-state index in [-0.39, 0.29) is 11.3 Å². The predicted octanol–water partition coefficient (Wildman–Crippen LogP) is 1.84. The van der Waals surface area contributed by atoms with Gasteiger partial charge in [-0.1, -0.05) is 6.92 Å². The number of rotatable bonds is 5. The normalized spacial score (nSPS) is 10.5. The lowest BCUT2D eigenvalue weighted by Gasteiger charge is -2.08. The van der Waals surface area contributed by atoms with Crippen LogP contribution >= 0.6 is 0 Å². The van der Waals surface area contributed by atoms with Crippen LogP contribution in [-0.2, 0) is 20.1 Å². The van der Waals surface area contributed by atoms with Gasteiger partial charge in [0, 0.05) is 18.8 Å². The summed E-state index contributed by atoms with van der Waals surface area (Å²) in [5.41, 5.74) is 7.89. The van der Waals surface area contributed by atoms with E-state index < -0.39 is 5.97 Å². The molecule has 0 aliphatic rings. The van der Waals surface area contributed by atoms with E-state index in [1.54, 1.807) is 10.7 Å². The molecule has 0 bridgehead atoms. The fraction of sp³-hybridized carbons (Fsp3) is 0.286. The van der Waals surface area contributed by atoms with Gasteiger partial charge >= 0.3 is 5.97 Å². The van der Waals surface area contributed by atoms with Crippen molar-refractivity contribution in [2.75, 3.05) is 5.73 Å². The lowest BCUT2D eigenvalue weighted by atomic mass is 10.2. The number of carboxylic acid groups (broad SMARTS) is 1. The van der Waals surface area contributed by atoms with Gasteiger partial charge in [0.25, 0.3) is 0 Å². The van der Waals surface area contributed by atoms with Gasteiger partial charge in [-0.3, -0.25) is 4.68 Å². The fourth-order valence-corrected chi connectivity index (χ4v) is 1.86. The van der Waals surface area contributed by atoms with Crippen molar-refractivity contribution in [2.45, 2.75) is 20.0 Å². The molecule has 0 aliphatic carbocycles. The van der Waals surface area contributed by atoms with Crippen molar-refractivity contribution < 1.29 is 14.6 Å². The average Bonchev–Trinajstić information content (AvgIpc) is 2.76. The minimum absolute atomic E-state index is 0.0751. The number of benzene rings is 1. The van der Waals surface area contributed by atoms with Crippen LogP contribution in [0.4, 0.5) is 5.69 Å². The van der Waals surface area contributed by atoms with Gasteiger partial charge < -0.3 is 15.6 Å². The number of aryl methyl sites for hydroxylation is 2. The number of anilines is 1. The number of nitrogens with two attached hydrogens (primary N) is 1. The number of hydrogen-bond donors (Lipinski definition) is 2. The highest BCUT2D eigenvalue weighted by atomic mass is 16.5. The highest BCUT2D eigenvalue weighted by molar-refractivity contribution is 5.93. The van der Waals surface area contributed by atoms with Crippen molar-refractivity contribution in [3.8, 4) is 5.75 Å². The van der Waals surface area contributed by atoms with Crippen LogP contribution in [0.1, 0.15) is 28.7 Å². The van der Waals surface area contributed by atoms with E-state index in [1.165, 1.54) is 12.1 Å². The van der Waals surface area contributed by atoms with Gasteiger partial charge in [0.05, 0.1) is 17.0 Å². The number of nitrogen functional groups attached to an aromatic ring is 1. The summed E-state index contributed by atoms with van der Waals surface area (Å²) in [6.45, 7) is 2.40. The molecule has 0 radical (unpaired) electrons. The van der Waals surface area contributed by atoms with Gasteiger partial charge in [-0.2, -0.15) is 5.10 Å². The molecule has 1 aromatic heterocycles. The molecule has 0 unspecified atom stereocenters. The predicted molar refractivity (Wildman–Crippen MR) is 74.7 cm³/mol. The zero-order valence-electron chi connectivity index (χ0n) is 11.5. The van der Waals surface area contributed by atoms with Gasteiger partial charge in [-0.15, -0.1) is 0 Å². The Balaban J connectivity index is 2.09. The fourth-order valence-electron chi connectivity index (χ4n) is 1.86. The summed E-state index contributed by atoms with van der Waals surface area (Å²) in [5, 5.41) is 13.2. The third kappa shape index (κ3) is 2.90. The van der Waals surface area contributed by atoms with Crippen LogP contribution in [0.3, 0.4) is 0 Å². The Labute approximate surface area is 116 Å². The molecule has 106 valence electrons. The minimum Gasteiger partial charge on any atom is -0.487 e. The van der Waals surface area contributed by atoms with Crippen LogP contribution in [0.5, 0.6) is 5.75 Å². The summed E-state index contributed by atoms with van der Waals surface area (Å²) < 4.78 is 7.38. The number of aromatic nitrogens is 2. The van der Waals surface area contributed by atoms with E-state index >= 15 is 0 Å². The van der Waals surface area contributed by atoms with Crippen LogP contribution in [0.25, 0.3) is 0 Å². The summed E-state index contributed by atoms with van der Waals surface area (Å²) >= 11 is 0. The summed E-state index contributed by atoms with van der Waals surface area (Å²) in [7, 11) is 1.86. The quantitative estimate of drug-likeness (QED) is 0.812. The van der Waals surface area contributed by atoms with Crippen LogP contribution in [0.15, 0.2) is 24.3 Å². The molecule has 6 heteroatoms. The summed E-state index contributed by atoms with van der Waals surface area (Å²) in [4.78, 5) is 10.9. The van der Waals surface area contributed by atoms with Gasteiger partial charge in [-0.05, 0) is 24.6 Å². The number of carboxylic acids is 1. The molecule has 20 heavy (non-hydrogen) atoms. The van der Waals surface area contributed by atoms with Crippen molar-refractivity contribution in [3.05, 3.63) is 41.2 Å². The number of hydrogen-bond acceptors (Lipinski definition) is 4. The molecule has 0 spiro atoms. The maximum absolute atomic E-state index is 10.9. The molecule has 3 N–H and O–H groups in total. The van der Waals surface area contributed by atoms with Gasteiger partial charge in [0.15, 0.2) is 0 Å². The first-order valence-corrected chi connectivity index (χ1v) is 6.28. The Kier molecular flexibility index (Phi) is 3.93. The first-order chi connectivity index (χ1) is 9.51. The average molecular weight is 275 g/mol. The molecule has 6 nitrogen and oxygen atoms in total. The Hall–Kier alpha value is -2.50. The summed E-state index contributed by atoms with van der Waals surface area (Å²) in [6, 6.07) is 6.53. The standard InChI is InChI=1S/C14H17N3O3/c1-3-9-6-10(17(2)16-9)8-20-11-4-5-12(14(18)19)13(15)7-11/h4-7H,3,8,15H2,1-2H3,(H,18,19). The Morgan fingerprint density at radius 2 is 2.20 bits per heavy atom. The first-order valence-electron chi connectivity index (χ1n) is 6.28.